The fourth-order valence-corrected chi connectivity index (χ4v) is 5.07. The molecular formula is C20H19ClFNO5S. The second kappa shape index (κ2) is 9.02. The largest absolute Gasteiger partial charge is 0.454 e. The Morgan fingerprint density at radius 1 is 1.07 bits per heavy atom. The van der Waals surface area contributed by atoms with Gasteiger partial charge in [0.25, 0.3) is 0 Å². The number of ketones is 1. The summed E-state index contributed by atoms with van der Waals surface area (Å²) in [6, 6.07) is 9.11. The van der Waals surface area contributed by atoms with Crippen molar-refractivity contribution in [2.24, 2.45) is 0 Å². The third-order valence-electron chi connectivity index (χ3n) is 4.61. The van der Waals surface area contributed by atoms with Crippen molar-refractivity contribution in [2.45, 2.75) is 24.2 Å². The molecule has 1 saturated heterocycles. The minimum absolute atomic E-state index is 0.00504. The average molecular weight is 440 g/mol. The van der Waals surface area contributed by atoms with Gasteiger partial charge in [-0.15, -0.1) is 0 Å². The van der Waals surface area contributed by atoms with Gasteiger partial charge in [-0.05, 0) is 43.2 Å². The Morgan fingerprint density at radius 3 is 2.45 bits per heavy atom. The molecule has 1 aliphatic rings. The topological polar surface area (TPSA) is 80.8 Å². The number of hydrogen-bond donors (Lipinski definition) is 0. The van der Waals surface area contributed by atoms with Crippen LogP contribution in [-0.2, 0) is 14.8 Å². The van der Waals surface area contributed by atoms with Gasteiger partial charge in [-0.25, -0.2) is 17.6 Å². The lowest BCUT2D eigenvalue weighted by Crippen LogP contribution is -2.35. The van der Waals surface area contributed by atoms with Gasteiger partial charge in [-0.2, -0.15) is 4.31 Å². The Morgan fingerprint density at radius 2 is 1.76 bits per heavy atom. The normalized spacial score (nSPS) is 15.1. The number of hydrogen-bond acceptors (Lipinski definition) is 5. The second-order valence-corrected chi connectivity index (χ2v) is 8.90. The zero-order chi connectivity index (χ0) is 21.0. The maximum atomic E-state index is 13.6. The van der Waals surface area contributed by atoms with Crippen LogP contribution in [0.15, 0.2) is 47.4 Å². The fourth-order valence-electron chi connectivity index (χ4n) is 3.05. The minimum Gasteiger partial charge on any atom is -0.454 e. The molecule has 29 heavy (non-hydrogen) atoms. The quantitative estimate of drug-likeness (QED) is 0.506. The number of halogens is 2. The van der Waals surface area contributed by atoms with Crippen LogP contribution >= 0.6 is 11.6 Å². The van der Waals surface area contributed by atoms with E-state index in [1.807, 2.05) is 0 Å². The monoisotopic (exact) mass is 439 g/mol. The van der Waals surface area contributed by atoms with Crippen LogP contribution in [0.1, 0.15) is 40.0 Å². The number of Topliss-reactive ketones (excluding diaryl/α,β-unsaturated/α-hetero) is 1. The van der Waals surface area contributed by atoms with Crippen molar-refractivity contribution in [3.05, 3.63) is 64.4 Å². The maximum Gasteiger partial charge on any atom is 0.338 e. The molecule has 0 aliphatic carbocycles. The van der Waals surface area contributed by atoms with Crippen molar-refractivity contribution in [1.82, 2.24) is 4.31 Å². The number of sulfonamides is 1. The highest BCUT2D eigenvalue weighted by molar-refractivity contribution is 7.89. The van der Waals surface area contributed by atoms with Crippen molar-refractivity contribution >= 4 is 33.4 Å². The van der Waals surface area contributed by atoms with Crippen LogP contribution in [0.3, 0.4) is 0 Å². The van der Waals surface area contributed by atoms with Gasteiger partial charge < -0.3 is 4.74 Å². The van der Waals surface area contributed by atoms with E-state index < -0.39 is 34.2 Å². The van der Waals surface area contributed by atoms with Gasteiger partial charge in [-0.3, -0.25) is 4.79 Å². The molecule has 3 rings (SSSR count). The number of carbonyl (C=O) groups is 2. The van der Waals surface area contributed by atoms with E-state index in [0.717, 1.165) is 31.4 Å². The van der Waals surface area contributed by atoms with Crippen LogP contribution in [-0.4, -0.2) is 44.2 Å². The first-order valence-electron chi connectivity index (χ1n) is 9.05. The van der Waals surface area contributed by atoms with Gasteiger partial charge in [0.2, 0.25) is 15.8 Å². The molecule has 2 aromatic rings. The molecule has 0 atom stereocenters. The fraction of sp³-hybridized carbons (Fsp3) is 0.300. The molecule has 0 saturated carbocycles. The lowest BCUT2D eigenvalue weighted by atomic mass is 10.1. The number of esters is 1. The molecule has 0 bridgehead atoms. The molecule has 0 aromatic heterocycles. The number of benzene rings is 2. The van der Waals surface area contributed by atoms with Gasteiger partial charge in [-0.1, -0.05) is 30.2 Å². The van der Waals surface area contributed by atoms with Crippen LogP contribution in [0.2, 0.25) is 5.02 Å². The van der Waals surface area contributed by atoms with Crippen LogP contribution in [0, 0.1) is 5.82 Å². The molecule has 1 fully saturated rings. The minimum atomic E-state index is -3.85. The highest BCUT2D eigenvalue weighted by Crippen LogP contribution is 2.28. The van der Waals surface area contributed by atoms with E-state index in [1.54, 1.807) is 0 Å². The molecule has 1 heterocycles. The molecule has 154 valence electrons. The van der Waals surface area contributed by atoms with E-state index in [2.05, 4.69) is 0 Å². The van der Waals surface area contributed by atoms with E-state index in [9.17, 15) is 22.4 Å². The van der Waals surface area contributed by atoms with E-state index in [0.29, 0.717) is 13.1 Å². The summed E-state index contributed by atoms with van der Waals surface area (Å²) in [5.74, 6) is -2.32. The summed E-state index contributed by atoms with van der Waals surface area (Å²) in [6.45, 7) is 0.117. The SMILES string of the molecule is O=C(OCC(=O)c1ccccc1F)c1ccc(Cl)c(S(=O)(=O)N2CCCCC2)c1. The lowest BCUT2D eigenvalue weighted by Gasteiger charge is -2.26. The predicted octanol–water partition coefficient (Wildman–Crippen LogP) is 3.69. The first-order chi connectivity index (χ1) is 13.8. The Balaban J connectivity index is 1.76. The highest BCUT2D eigenvalue weighted by atomic mass is 35.5. The van der Waals surface area contributed by atoms with E-state index in [4.69, 9.17) is 16.3 Å². The first kappa shape index (κ1) is 21.4. The molecule has 0 spiro atoms. The smallest absolute Gasteiger partial charge is 0.338 e. The van der Waals surface area contributed by atoms with Crippen LogP contribution in [0.25, 0.3) is 0 Å². The highest BCUT2D eigenvalue weighted by Gasteiger charge is 2.29. The van der Waals surface area contributed by atoms with Crippen molar-refractivity contribution < 1.29 is 27.1 Å². The summed E-state index contributed by atoms with van der Waals surface area (Å²) in [7, 11) is -3.85. The van der Waals surface area contributed by atoms with Crippen LogP contribution < -0.4 is 0 Å². The number of rotatable bonds is 6. The molecule has 1 aliphatic heterocycles. The summed E-state index contributed by atoms with van der Waals surface area (Å²) in [5.41, 5.74) is -0.254. The molecule has 0 radical (unpaired) electrons. The van der Waals surface area contributed by atoms with E-state index >= 15 is 0 Å². The molecular weight excluding hydrogens is 421 g/mol. The molecule has 6 nitrogen and oxygen atoms in total. The lowest BCUT2D eigenvalue weighted by molar-refractivity contribution is 0.0473. The molecule has 0 amide bonds. The predicted molar refractivity (Wildman–Crippen MR) is 105 cm³/mol. The zero-order valence-electron chi connectivity index (χ0n) is 15.4. The third kappa shape index (κ3) is 4.83. The average Bonchev–Trinajstić information content (AvgIpc) is 2.73. The molecule has 2 aromatic carbocycles. The van der Waals surface area contributed by atoms with Gasteiger partial charge in [0.1, 0.15) is 10.7 Å². The van der Waals surface area contributed by atoms with Crippen LogP contribution in [0.5, 0.6) is 0 Å². The van der Waals surface area contributed by atoms with Crippen molar-refractivity contribution in [2.75, 3.05) is 19.7 Å². The van der Waals surface area contributed by atoms with Gasteiger partial charge in [0.15, 0.2) is 6.61 Å². The molecule has 9 heteroatoms. The van der Waals surface area contributed by atoms with E-state index in [1.165, 1.54) is 34.6 Å². The summed E-state index contributed by atoms with van der Waals surface area (Å²) >= 11 is 6.08. The maximum absolute atomic E-state index is 13.6. The second-order valence-electron chi connectivity index (χ2n) is 6.59. The number of piperidine rings is 1. The summed E-state index contributed by atoms with van der Waals surface area (Å²) in [6.07, 6.45) is 2.48. The Hall–Kier alpha value is -2.29. The number of ether oxygens (including phenoxy) is 1. The van der Waals surface area contributed by atoms with Crippen molar-refractivity contribution in [1.29, 1.82) is 0 Å². The standard InChI is InChI=1S/C20H19ClFNO5S/c21-16-9-8-14(12-19(16)29(26,27)23-10-4-1-5-11-23)20(25)28-13-18(24)15-6-2-3-7-17(15)22/h2-3,6-9,12H,1,4-5,10-11,13H2. The van der Waals surface area contributed by atoms with Gasteiger partial charge >= 0.3 is 5.97 Å². The van der Waals surface area contributed by atoms with Gasteiger partial charge in [0, 0.05) is 13.1 Å². The summed E-state index contributed by atoms with van der Waals surface area (Å²) in [4.78, 5) is 24.2. The van der Waals surface area contributed by atoms with Gasteiger partial charge in [0.05, 0.1) is 16.1 Å². The van der Waals surface area contributed by atoms with Crippen molar-refractivity contribution in [3.8, 4) is 0 Å². The number of carbonyl (C=O) groups excluding carboxylic acids is 2. The van der Waals surface area contributed by atoms with E-state index in [-0.39, 0.29) is 21.0 Å². The number of nitrogens with zero attached hydrogens (tertiary/aromatic N) is 1. The Bertz CT molecular complexity index is 1030. The summed E-state index contributed by atoms with van der Waals surface area (Å²) in [5, 5.41) is -0.00504. The Kier molecular flexibility index (Phi) is 6.66. The summed E-state index contributed by atoms with van der Waals surface area (Å²) < 4.78 is 45.7. The first-order valence-corrected chi connectivity index (χ1v) is 10.9. The third-order valence-corrected chi connectivity index (χ3v) is 6.99. The molecule has 0 unspecified atom stereocenters. The van der Waals surface area contributed by atoms with Crippen molar-refractivity contribution in [3.63, 3.8) is 0 Å². The van der Waals surface area contributed by atoms with Crippen LogP contribution in [0.4, 0.5) is 4.39 Å². The Labute approximate surface area is 173 Å². The molecule has 0 N–H and O–H groups in total. The zero-order valence-corrected chi connectivity index (χ0v) is 17.0.